The molecule has 192 valence electrons. The number of rotatable bonds is 8. The van der Waals surface area contributed by atoms with Crippen LogP contribution in [0.15, 0.2) is 54.9 Å². The third-order valence-corrected chi connectivity index (χ3v) is 6.80. The van der Waals surface area contributed by atoms with E-state index in [-0.39, 0.29) is 17.3 Å². The van der Waals surface area contributed by atoms with Gasteiger partial charge in [-0.05, 0) is 61.6 Å². The number of carbonyl (C=O) groups excluding carboxylic acids is 1. The summed E-state index contributed by atoms with van der Waals surface area (Å²) in [6.45, 7) is 6.06. The van der Waals surface area contributed by atoms with Gasteiger partial charge < -0.3 is 19.9 Å². The van der Waals surface area contributed by atoms with Crippen molar-refractivity contribution in [2.75, 3.05) is 25.1 Å². The molecular formula is C29H30FN3O4. The Morgan fingerprint density at radius 1 is 1.19 bits per heavy atom. The van der Waals surface area contributed by atoms with E-state index in [1.807, 2.05) is 48.7 Å². The molecule has 1 aromatic heterocycles. The predicted octanol–water partition coefficient (Wildman–Crippen LogP) is 6.40. The number of Topliss-reactive ketones (excluding diaryl/α,β-unsaturated/α-hetero) is 1. The normalized spacial score (nSPS) is 14.1. The van der Waals surface area contributed by atoms with E-state index >= 15 is 0 Å². The number of halogens is 1. The number of ether oxygens (including phenoxy) is 2. The van der Waals surface area contributed by atoms with Crippen LogP contribution in [-0.4, -0.2) is 40.2 Å². The molecule has 37 heavy (non-hydrogen) atoms. The third-order valence-electron chi connectivity index (χ3n) is 6.80. The molecule has 4 aromatic rings. The van der Waals surface area contributed by atoms with Crippen LogP contribution >= 0.6 is 0 Å². The van der Waals surface area contributed by atoms with Crippen LogP contribution < -0.4 is 10.1 Å². The molecule has 7 nitrogen and oxygen atoms in total. The number of hydrogen-bond acceptors (Lipinski definition) is 6. The summed E-state index contributed by atoms with van der Waals surface area (Å²) in [6.07, 6.45) is 4.17. The van der Waals surface area contributed by atoms with Crippen molar-refractivity contribution < 1.29 is 23.8 Å². The summed E-state index contributed by atoms with van der Waals surface area (Å²) in [4.78, 5) is 16.9. The van der Waals surface area contributed by atoms with Gasteiger partial charge in [-0.1, -0.05) is 6.92 Å². The molecule has 1 aliphatic rings. The molecule has 2 heterocycles. The molecule has 5 rings (SSSR count). The molecule has 0 aliphatic carbocycles. The Balaban J connectivity index is 1.55. The number of carbonyl (C=O) groups is 1. The van der Waals surface area contributed by atoms with Gasteiger partial charge in [-0.15, -0.1) is 0 Å². The second-order valence-corrected chi connectivity index (χ2v) is 9.38. The van der Waals surface area contributed by atoms with Gasteiger partial charge in [0.2, 0.25) is 0 Å². The van der Waals surface area contributed by atoms with Gasteiger partial charge in [0.15, 0.2) is 17.3 Å². The number of phenols is 1. The number of nitrogens with zero attached hydrogens (tertiary/aromatic N) is 2. The predicted molar refractivity (Wildman–Crippen MR) is 141 cm³/mol. The lowest BCUT2D eigenvalue weighted by Crippen LogP contribution is -2.22. The fourth-order valence-corrected chi connectivity index (χ4v) is 4.70. The van der Waals surface area contributed by atoms with Crippen LogP contribution in [0.25, 0.3) is 16.7 Å². The van der Waals surface area contributed by atoms with Crippen LogP contribution in [0.4, 0.5) is 10.1 Å². The Kier molecular flexibility index (Phi) is 7.10. The number of benzene rings is 3. The number of phenolic OH excluding ortho intramolecular Hbond substituents is 1. The lowest BCUT2D eigenvalue weighted by Gasteiger charge is -2.23. The van der Waals surface area contributed by atoms with Crippen molar-refractivity contribution in [3.63, 3.8) is 0 Å². The summed E-state index contributed by atoms with van der Waals surface area (Å²) < 4.78 is 27.8. The lowest BCUT2D eigenvalue weighted by atomic mass is 10.0. The van der Waals surface area contributed by atoms with Crippen LogP contribution in [0.1, 0.15) is 42.1 Å². The van der Waals surface area contributed by atoms with Crippen LogP contribution in [0.5, 0.6) is 17.2 Å². The van der Waals surface area contributed by atoms with E-state index in [0.29, 0.717) is 23.7 Å². The summed E-state index contributed by atoms with van der Waals surface area (Å²) >= 11 is 0. The maximum Gasteiger partial charge on any atom is 0.169 e. The maximum absolute atomic E-state index is 14.4. The Morgan fingerprint density at radius 3 is 2.73 bits per heavy atom. The van der Waals surface area contributed by atoms with Crippen molar-refractivity contribution in [3.05, 3.63) is 71.8 Å². The fraction of sp³-hybridized carbons (Fsp3) is 0.310. The molecule has 0 radical (unpaired) electrons. The summed E-state index contributed by atoms with van der Waals surface area (Å²) in [5, 5.41) is 13.1. The van der Waals surface area contributed by atoms with E-state index < -0.39 is 5.82 Å². The van der Waals surface area contributed by atoms with Gasteiger partial charge in [-0.3, -0.25) is 9.36 Å². The number of anilines is 1. The molecule has 0 bridgehead atoms. The number of aromatic hydroxyl groups is 1. The van der Waals surface area contributed by atoms with Gasteiger partial charge in [0.05, 0.1) is 11.2 Å². The summed E-state index contributed by atoms with van der Waals surface area (Å²) in [5.41, 5.74) is 4.78. The van der Waals surface area contributed by atoms with Crippen molar-refractivity contribution in [3.8, 4) is 22.9 Å². The molecule has 3 aromatic carbocycles. The summed E-state index contributed by atoms with van der Waals surface area (Å²) in [5.74, 6) is 0.205. The minimum absolute atomic E-state index is 0.0110. The lowest BCUT2D eigenvalue weighted by molar-refractivity contribution is 0.0699. The SMILES string of the molecule is CCC(=O)c1ccc(-n2cnc3c(NCC4CCOCC4)cc(Oc4ccc(O)cc4F)cc32)cc1C. The van der Waals surface area contributed by atoms with Crippen LogP contribution in [0.3, 0.4) is 0 Å². The standard InChI is InChI=1S/C29H30FN3O4/c1-3-27(35)23-6-4-20(12-18(23)2)33-17-32-29-25(31-16-19-8-10-36-11-9-19)14-22(15-26(29)33)37-28-7-5-21(34)13-24(28)30/h4-7,12-15,17,19,31,34H,3,8-11,16H2,1-2H3. The maximum atomic E-state index is 14.4. The van der Waals surface area contributed by atoms with Crippen LogP contribution in [-0.2, 0) is 4.74 Å². The molecule has 0 spiro atoms. The van der Waals surface area contributed by atoms with Crippen molar-refractivity contribution in [2.45, 2.75) is 33.1 Å². The number of imidazole rings is 1. The molecule has 2 N–H and O–H groups in total. The highest BCUT2D eigenvalue weighted by Crippen LogP contribution is 2.35. The highest BCUT2D eigenvalue weighted by Gasteiger charge is 2.18. The molecular weight excluding hydrogens is 473 g/mol. The quantitative estimate of drug-likeness (QED) is 0.271. The Morgan fingerprint density at radius 2 is 2.00 bits per heavy atom. The van der Waals surface area contributed by atoms with Crippen LogP contribution in [0.2, 0.25) is 0 Å². The van der Waals surface area contributed by atoms with E-state index in [9.17, 15) is 14.3 Å². The Hall–Kier alpha value is -3.91. The van der Waals surface area contributed by atoms with Crippen LogP contribution in [0, 0.1) is 18.7 Å². The van der Waals surface area contributed by atoms with Gasteiger partial charge >= 0.3 is 0 Å². The first-order chi connectivity index (χ1) is 17.9. The first-order valence-electron chi connectivity index (χ1n) is 12.6. The molecule has 1 aliphatic heterocycles. The molecule has 8 heteroatoms. The minimum atomic E-state index is -0.655. The number of fused-ring (bicyclic) bond motifs is 1. The first-order valence-corrected chi connectivity index (χ1v) is 12.6. The summed E-state index contributed by atoms with van der Waals surface area (Å²) in [7, 11) is 0. The monoisotopic (exact) mass is 503 g/mol. The third kappa shape index (κ3) is 5.29. The molecule has 0 atom stereocenters. The van der Waals surface area contributed by atoms with Crippen molar-refractivity contribution >= 4 is 22.5 Å². The van der Waals surface area contributed by atoms with E-state index in [1.54, 1.807) is 6.33 Å². The highest BCUT2D eigenvalue weighted by atomic mass is 19.1. The number of hydrogen-bond donors (Lipinski definition) is 2. The van der Waals surface area contributed by atoms with Gasteiger partial charge in [0.1, 0.15) is 23.3 Å². The number of aryl methyl sites for hydroxylation is 1. The van der Waals surface area contributed by atoms with E-state index in [0.717, 1.165) is 66.6 Å². The molecule has 0 amide bonds. The number of ketones is 1. The zero-order valence-electron chi connectivity index (χ0n) is 21.0. The molecule has 1 saturated heterocycles. The van der Waals surface area contributed by atoms with E-state index in [4.69, 9.17) is 9.47 Å². The van der Waals surface area contributed by atoms with Gasteiger partial charge in [-0.25, -0.2) is 9.37 Å². The van der Waals surface area contributed by atoms with Crippen molar-refractivity contribution in [1.29, 1.82) is 0 Å². The Labute approximate surface area is 214 Å². The number of nitrogens with one attached hydrogen (secondary N) is 1. The zero-order valence-corrected chi connectivity index (χ0v) is 21.0. The molecule has 0 saturated carbocycles. The van der Waals surface area contributed by atoms with Gasteiger partial charge in [-0.2, -0.15) is 0 Å². The zero-order chi connectivity index (χ0) is 25.9. The highest BCUT2D eigenvalue weighted by molar-refractivity contribution is 5.97. The van der Waals surface area contributed by atoms with Gasteiger partial charge in [0.25, 0.3) is 0 Å². The molecule has 0 unspecified atom stereocenters. The van der Waals surface area contributed by atoms with Crippen molar-refractivity contribution in [2.24, 2.45) is 5.92 Å². The average Bonchev–Trinajstić information content (AvgIpc) is 3.33. The molecule has 1 fully saturated rings. The van der Waals surface area contributed by atoms with E-state index in [1.165, 1.54) is 12.1 Å². The fourth-order valence-electron chi connectivity index (χ4n) is 4.70. The van der Waals surface area contributed by atoms with Crippen molar-refractivity contribution in [1.82, 2.24) is 9.55 Å². The second-order valence-electron chi connectivity index (χ2n) is 9.38. The average molecular weight is 504 g/mol. The minimum Gasteiger partial charge on any atom is -0.508 e. The number of aromatic nitrogens is 2. The summed E-state index contributed by atoms with van der Waals surface area (Å²) in [6, 6.07) is 13.1. The first kappa shape index (κ1) is 24.8. The second kappa shape index (κ2) is 10.6. The van der Waals surface area contributed by atoms with Gasteiger partial charge in [0, 0.05) is 55.6 Å². The van der Waals surface area contributed by atoms with E-state index in [2.05, 4.69) is 10.3 Å². The topological polar surface area (TPSA) is 85.6 Å². The smallest absolute Gasteiger partial charge is 0.169 e. The Bertz CT molecular complexity index is 1440. The largest absolute Gasteiger partial charge is 0.508 e.